The number of benzene rings is 3. The lowest BCUT2D eigenvalue weighted by Gasteiger charge is -2.24. The lowest BCUT2D eigenvalue weighted by atomic mass is 9.92. The summed E-state index contributed by atoms with van der Waals surface area (Å²) in [5.74, 6) is 0.796. The predicted octanol–water partition coefficient (Wildman–Crippen LogP) is 3.76. The van der Waals surface area contributed by atoms with Crippen LogP contribution in [0.1, 0.15) is 17.0 Å². The van der Waals surface area contributed by atoms with Crippen molar-refractivity contribution in [2.24, 2.45) is 5.10 Å². The van der Waals surface area contributed by atoms with Crippen LogP contribution in [0.2, 0.25) is 0 Å². The number of carbonyl (C=O) groups is 1. The fourth-order valence-corrected chi connectivity index (χ4v) is 3.08. The van der Waals surface area contributed by atoms with Gasteiger partial charge in [-0.3, -0.25) is 4.79 Å². The fraction of sp³-hybridized carbons (Fsp3) is 0.130. The molecule has 0 bridgehead atoms. The molecular weight excluding hydrogens is 352 g/mol. The highest BCUT2D eigenvalue weighted by molar-refractivity contribution is 5.83. The van der Waals surface area contributed by atoms with Crippen LogP contribution in [0.3, 0.4) is 0 Å². The topological polar surface area (TPSA) is 59.9 Å². The molecule has 140 valence electrons. The molecule has 1 atom stereocenters. The number of fused-ring (bicyclic) bond motifs is 1. The molecule has 5 nitrogen and oxygen atoms in total. The number of para-hydroxylation sites is 2. The number of hydrogen-bond donors (Lipinski definition) is 1. The first-order chi connectivity index (χ1) is 13.8. The van der Waals surface area contributed by atoms with Crippen LogP contribution in [-0.4, -0.2) is 24.8 Å². The van der Waals surface area contributed by atoms with Crippen molar-refractivity contribution in [3.8, 4) is 11.5 Å². The summed E-state index contributed by atoms with van der Waals surface area (Å²) in [4.78, 5) is 12.4. The zero-order valence-corrected chi connectivity index (χ0v) is 15.2. The van der Waals surface area contributed by atoms with Crippen molar-refractivity contribution in [2.75, 3.05) is 6.61 Å². The van der Waals surface area contributed by atoms with Gasteiger partial charge < -0.3 is 9.47 Å². The zero-order valence-electron chi connectivity index (χ0n) is 15.2. The van der Waals surface area contributed by atoms with Crippen molar-refractivity contribution in [1.82, 2.24) is 5.43 Å². The zero-order chi connectivity index (χ0) is 19.2. The number of amides is 1. The van der Waals surface area contributed by atoms with Gasteiger partial charge in [0.1, 0.15) is 6.61 Å². The van der Waals surface area contributed by atoms with Crippen LogP contribution in [0.4, 0.5) is 0 Å². The van der Waals surface area contributed by atoms with Gasteiger partial charge in [-0.2, -0.15) is 5.10 Å². The van der Waals surface area contributed by atoms with Gasteiger partial charge in [-0.1, -0.05) is 72.8 Å². The van der Waals surface area contributed by atoms with Crippen LogP contribution in [-0.2, 0) is 4.79 Å². The average Bonchev–Trinajstić information content (AvgIpc) is 2.77. The second-order valence-corrected chi connectivity index (χ2v) is 6.42. The Morgan fingerprint density at radius 1 is 0.893 bits per heavy atom. The Morgan fingerprint density at radius 2 is 1.46 bits per heavy atom. The molecule has 1 N–H and O–H groups in total. The predicted molar refractivity (Wildman–Crippen MR) is 108 cm³/mol. The van der Waals surface area contributed by atoms with Crippen LogP contribution in [0.25, 0.3) is 0 Å². The van der Waals surface area contributed by atoms with Crippen LogP contribution in [0.15, 0.2) is 90.0 Å². The lowest BCUT2D eigenvalue weighted by Crippen LogP contribution is -2.42. The minimum atomic E-state index is -0.737. The van der Waals surface area contributed by atoms with Crippen LogP contribution >= 0.6 is 0 Å². The third kappa shape index (κ3) is 4.04. The van der Waals surface area contributed by atoms with E-state index in [-0.39, 0.29) is 18.4 Å². The molecule has 0 aromatic heterocycles. The monoisotopic (exact) mass is 372 g/mol. The van der Waals surface area contributed by atoms with E-state index in [1.54, 1.807) is 12.3 Å². The smallest absolute Gasteiger partial charge is 0.284 e. The van der Waals surface area contributed by atoms with Gasteiger partial charge in [0.15, 0.2) is 11.5 Å². The Morgan fingerprint density at radius 3 is 2.11 bits per heavy atom. The molecule has 5 heteroatoms. The number of hydrogen-bond acceptors (Lipinski definition) is 4. The van der Waals surface area contributed by atoms with E-state index < -0.39 is 6.10 Å². The molecule has 4 rings (SSSR count). The van der Waals surface area contributed by atoms with Crippen molar-refractivity contribution in [2.45, 2.75) is 12.0 Å². The number of nitrogens with zero attached hydrogens (tertiary/aromatic N) is 1. The molecule has 0 radical (unpaired) electrons. The minimum absolute atomic E-state index is 0.0630. The second-order valence-electron chi connectivity index (χ2n) is 6.42. The van der Waals surface area contributed by atoms with E-state index in [1.807, 2.05) is 78.9 Å². The highest BCUT2D eigenvalue weighted by Crippen LogP contribution is 2.30. The van der Waals surface area contributed by atoms with Gasteiger partial charge >= 0.3 is 0 Å². The Bertz CT molecular complexity index is 918. The number of carbonyl (C=O) groups excluding carboxylic acids is 1. The second kappa shape index (κ2) is 8.39. The van der Waals surface area contributed by atoms with Gasteiger partial charge in [0.25, 0.3) is 5.91 Å². The summed E-state index contributed by atoms with van der Waals surface area (Å²) in [6, 6.07) is 27.4. The molecule has 0 saturated heterocycles. The maximum Gasteiger partial charge on any atom is 0.284 e. The standard InChI is InChI=1S/C23H20N2O3/c26-23(22-16-27-20-13-7-8-14-21(20)28-22)25-24-15-19(17-9-3-1-4-10-17)18-11-5-2-6-12-18/h1-15,19,22H,16H2,(H,25,26)/b24-15+. The first-order valence-corrected chi connectivity index (χ1v) is 9.12. The van der Waals surface area contributed by atoms with Crippen molar-refractivity contribution in [3.05, 3.63) is 96.1 Å². The summed E-state index contributed by atoms with van der Waals surface area (Å²) in [7, 11) is 0. The van der Waals surface area contributed by atoms with E-state index in [4.69, 9.17) is 9.47 Å². The number of nitrogens with one attached hydrogen (secondary N) is 1. The minimum Gasteiger partial charge on any atom is -0.485 e. The molecule has 3 aromatic carbocycles. The van der Waals surface area contributed by atoms with E-state index in [9.17, 15) is 4.79 Å². The molecule has 0 spiro atoms. The Hall–Kier alpha value is -3.60. The van der Waals surface area contributed by atoms with E-state index in [0.29, 0.717) is 11.5 Å². The van der Waals surface area contributed by atoms with E-state index in [2.05, 4.69) is 10.5 Å². The van der Waals surface area contributed by atoms with Crippen molar-refractivity contribution in [3.63, 3.8) is 0 Å². The number of rotatable bonds is 5. The number of ether oxygens (including phenoxy) is 2. The first-order valence-electron chi connectivity index (χ1n) is 9.12. The fourth-order valence-electron chi connectivity index (χ4n) is 3.08. The van der Waals surface area contributed by atoms with E-state index >= 15 is 0 Å². The van der Waals surface area contributed by atoms with Gasteiger partial charge in [-0.05, 0) is 23.3 Å². The summed E-state index contributed by atoms with van der Waals surface area (Å²) in [5.41, 5.74) is 4.77. The van der Waals surface area contributed by atoms with Gasteiger partial charge in [0, 0.05) is 12.1 Å². The van der Waals surface area contributed by atoms with Crippen molar-refractivity contribution in [1.29, 1.82) is 0 Å². The quantitative estimate of drug-likeness (QED) is 0.548. The molecule has 1 amide bonds. The molecule has 0 aliphatic carbocycles. The SMILES string of the molecule is O=C(N/N=C/C(c1ccccc1)c1ccccc1)C1COc2ccccc2O1. The molecule has 3 aromatic rings. The summed E-state index contributed by atoms with van der Waals surface area (Å²) in [6.45, 7) is 0.152. The summed E-state index contributed by atoms with van der Waals surface area (Å²) < 4.78 is 11.3. The van der Waals surface area contributed by atoms with Crippen LogP contribution in [0.5, 0.6) is 11.5 Å². The summed E-state index contributed by atoms with van der Waals surface area (Å²) in [5, 5.41) is 4.20. The third-order valence-corrected chi connectivity index (χ3v) is 4.52. The maximum atomic E-state index is 12.4. The normalized spacial score (nSPS) is 15.5. The van der Waals surface area contributed by atoms with Gasteiger partial charge in [-0.25, -0.2) is 5.43 Å². The highest BCUT2D eigenvalue weighted by atomic mass is 16.6. The van der Waals surface area contributed by atoms with Gasteiger partial charge in [0.05, 0.1) is 0 Å². The third-order valence-electron chi connectivity index (χ3n) is 4.52. The largest absolute Gasteiger partial charge is 0.485 e. The van der Waals surface area contributed by atoms with E-state index in [1.165, 1.54) is 0 Å². The molecular formula is C23H20N2O3. The maximum absolute atomic E-state index is 12.4. The lowest BCUT2D eigenvalue weighted by molar-refractivity contribution is -0.130. The average molecular weight is 372 g/mol. The Labute approximate surface area is 163 Å². The highest BCUT2D eigenvalue weighted by Gasteiger charge is 2.27. The summed E-state index contributed by atoms with van der Waals surface area (Å²) in [6.07, 6.45) is 0.999. The van der Waals surface area contributed by atoms with Crippen molar-refractivity contribution < 1.29 is 14.3 Å². The Balaban J connectivity index is 1.45. The summed E-state index contributed by atoms with van der Waals surface area (Å²) >= 11 is 0. The molecule has 0 fully saturated rings. The number of hydrazone groups is 1. The molecule has 1 aliphatic rings. The molecule has 1 heterocycles. The van der Waals surface area contributed by atoms with Gasteiger partial charge in [0.2, 0.25) is 6.10 Å². The van der Waals surface area contributed by atoms with E-state index in [0.717, 1.165) is 11.1 Å². The molecule has 0 saturated carbocycles. The van der Waals surface area contributed by atoms with Crippen LogP contribution in [0, 0.1) is 0 Å². The first kappa shape index (κ1) is 17.8. The molecule has 1 unspecified atom stereocenters. The Kier molecular flexibility index (Phi) is 5.33. The van der Waals surface area contributed by atoms with Crippen LogP contribution < -0.4 is 14.9 Å². The van der Waals surface area contributed by atoms with Gasteiger partial charge in [-0.15, -0.1) is 0 Å². The molecule has 1 aliphatic heterocycles. The molecule has 28 heavy (non-hydrogen) atoms. The van der Waals surface area contributed by atoms with Crippen molar-refractivity contribution >= 4 is 12.1 Å².